The molecule has 1 aliphatic heterocycles. The average molecular weight is 386 g/mol. The molecule has 1 fully saturated rings. The summed E-state index contributed by atoms with van der Waals surface area (Å²) in [4.78, 5) is 15.9. The zero-order chi connectivity index (χ0) is 18.6. The predicted molar refractivity (Wildman–Crippen MR) is 92.9 cm³/mol. The van der Waals surface area contributed by atoms with Crippen LogP contribution in [0.15, 0.2) is 29.9 Å². The number of carbonyl (C=O) groups is 1. The molecule has 3 rings (SSSR count). The SMILES string of the molecule is O=C(NC[C@@H]1CCCN(Cc2cccs2)C1)c1cnn(CC(F)(F)F)c1. The maximum Gasteiger partial charge on any atom is 0.408 e. The molecule has 0 radical (unpaired) electrons. The zero-order valence-corrected chi connectivity index (χ0v) is 15.0. The van der Waals surface area contributed by atoms with E-state index in [-0.39, 0.29) is 11.5 Å². The summed E-state index contributed by atoms with van der Waals surface area (Å²) in [6.45, 7) is 2.20. The largest absolute Gasteiger partial charge is 0.408 e. The number of aromatic nitrogens is 2. The van der Waals surface area contributed by atoms with Gasteiger partial charge in [0.15, 0.2) is 0 Å². The number of alkyl halides is 3. The Morgan fingerprint density at radius 2 is 2.27 bits per heavy atom. The zero-order valence-electron chi connectivity index (χ0n) is 14.2. The Kier molecular flexibility index (Phi) is 5.98. The highest BCUT2D eigenvalue weighted by atomic mass is 32.1. The van der Waals surface area contributed by atoms with Crippen molar-refractivity contribution in [2.45, 2.75) is 32.1 Å². The summed E-state index contributed by atoms with van der Waals surface area (Å²) in [5.74, 6) is -0.0355. The van der Waals surface area contributed by atoms with Crippen LogP contribution >= 0.6 is 11.3 Å². The average Bonchev–Trinajstić information content (AvgIpc) is 3.23. The van der Waals surface area contributed by atoms with Gasteiger partial charge in [0.1, 0.15) is 6.54 Å². The van der Waals surface area contributed by atoms with Gasteiger partial charge in [-0.25, -0.2) is 0 Å². The van der Waals surface area contributed by atoms with Crippen LogP contribution in [0.1, 0.15) is 28.1 Å². The highest BCUT2D eigenvalue weighted by Gasteiger charge is 2.28. The lowest BCUT2D eigenvalue weighted by molar-refractivity contribution is -0.142. The number of thiophene rings is 1. The number of likely N-dealkylation sites (tertiary alicyclic amines) is 1. The number of piperidine rings is 1. The first-order valence-corrected chi connectivity index (χ1v) is 9.39. The predicted octanol–water partition coefficient (Wildman–Crippen LogP) is 3.15. The fourth-order valence-corrected chi connectivity index (χ4v) is 3.92. The minimum absolute atomic E-state index is 0.153. The number of nitrogens with zero attached hydrogens (tertiary/aromatic N) is 3. The molecule has 2 aromatic rings. The van der Waals surface area contributed by atoms with Crippen molar-refractivity contribution in [3.8, 4) is 0 Å². The molecule has 1 atom stereocenters. The molecular formula is C17H21F3N4OS. The topological polar surface area (TPSA) is 50.2 Å². The van der Waals surface area contributed by atoms with Gasteiger partial charge in [-0.05, 0) is 36.8 Å². The van der Waals surface area contributed by atoms with E-state index in [1.807, 2.05) is 6.07 Å². The summed E-state index contributed by atoms with van der Waals surface area (Å²) in [5.41, 5.74) is 0.153. The molecule has 9 heteroatoms. The van der Waals surface area contributed by atoms with Crippen LogP contribution in [0.2, 0.25) is 0 Å². The van der Waals surface area contributed by atoms with Crippen LogP contribution in [0.25, 0.3) is 0 Å². The van der Waals surface area contributed by atoms with Crippen LogP contribution in [-0.4, -0.2) is 46.4 Å². The molecular weight excluding hydrogens is 365 g/mol. The van der Waals surface area contributed by atoms with Crippen LogP contribution in [0, 0.1) is 5.92 Å². The van der Waals surface area contributed by atoms with Crippen molar-refractivity contribution in [2.75, 3.05) is 19.6 Å². The van der Waals surface area contributed by atoms with Gasteiger partial charge in [-0.1, -0.05) is 6.07 Å². The molecule has 0 aromatic carbocycles. The Labute approximate surface area is 153 Å². The van der Waals surface area contributed by atoms with Crippen molar-refractivity contribution < 1.29 is 18.0 Å². The second-order valence-corrected chi connectivity index (χ2v) is 7.61. The summed E-state index contributed by atoms with van der Waals surface area (Å²) >= 11 is 1.74. The lowest BCUT2D eigenvalue weighted by atomic mass is 9.98. The van der Waals surface area contributed by atoms with E-state index in [9.17, 15) is 18.0 Å². The van der Waals surface area contributed by atoms with Crippen molar-refractivity contribution in [1.29, 1.82) is 0 Å². The molecule has 1 amide bonds. The first kappa shape index (κ1) is 18.9. The van der Waals surface area contributed by atoms with E-state index in [4.69, 9.17) is 0 Å². The Morgan fingerprint density at radius 1 is 1.42 bits per heavy atom. The van der Waals surface area contributed by atoms with E-state index in [1.165, 1.54) is 11.1 Å². The van der Waals surface area contributed by atoms with E-state index >= 15 is 0 Å². The van der Waals surface area contributed by atoms with E-state index < -0.39 is 12.7 Å². The standard InChI is InChI=1S/C17H21F3N4OS/c18-17(19,20)12-24-10-14(8-22-24)16(25)21-7-13-3-1-5-23(9-13)11-15-4-2-6-26-15/h2,4,6,8,10,13H,1,3,5,7,9,11-12H2,(H,21,25)/t13-/m0/s1. The molecule has 0 spiro atoms. The first-order valence-electron chi connectivity index (χ1n) is 8.51. The number of amides is 1. The fraction of sp³-hybridized carbons (Fsp3) is 0.529. The number of nitrogens with one attached hydrogen (secondary N) is 1. The van der Waals surface area contributed by atoms with Crippen molar-refractivity contribution in [1.82, 2.24) is 20.0 Å². The first-order chi connectivity index (χ1) is 12.4. The van der Waals surface area contributed by atoms with Crippen LogP contribution in [0.3, 0.4) is 0 Å². The van der Waals surface area contributed by atoms with E-state index in [2.05, 4.69) is 26.8 Å². The number of hydrogen-bond acceptors (Lipinski definition) is 4. The molecule has 26 heavy (non-hydrogen) atoms. The normalized spacial score (nSPS) is 18.8. The third-order valence-electron chi connectivity index (χ3n) is 4.35. The van der Waals surface area contributed by atoms with Gasteiger partial charge < -0.3 is 5.32 Å². The quantitative estimate of drug-likeness (QED) is 0.830. The molecule has 3 heterocycles. The van der Waals surface area contributed by atoms with Crippen LogP contribution in [-0.2, 0) is 13.1 Å². The summed E-state index contributed by atoms with van der Waals surface area (Å²) in [5, 5.41) is 8.49. The van der Waals surface area contributed by atoms with Gasteiger partial charge in [0, 0.05) is 30.7 Å². The minimum Gasteiger partial charge on any atom is -0.352 e. The smallest absolute Gasteiger partial charge is 0.352 e. The molecule has 0 unspecified atom stereocenters. The van der Waals surface area contributed by atoms with Crippen molar-refractivity contribution in [3.05, 3.63) is 40.3 Å². The lowest BCUT2D eigenvalue weighted by Crippen LogP contribution is -2.40. The molecule has 1 N–H and O–H groups in total. The number of rotatable bonds is 6. The molecule has 1 saturated heterocycles. The highest BCUT2D eigenvalue weighted by Crippen LogP contribution is 2.20. The maximum atomic E-state index is 12.3. The van der Waals surface area contributed by atoms with E-state index in [0.29, 0.717) is 12.5 Å². The minimum atomic E-state index is -4.35. The van der Waals surface area contributed by atoms with Gasteiger partial charge in [-0.3, -0.25) is 14.4 Å². The Balaban J connectivity index is 1.46. The summed E-state index contributed by atoms with van der Waals surface area (Å²) < 4.78 is 37.8. The highest BCUT2D eigenvalue weighted by molar-refractivity contribution is 7.09. The van der Waals surface area contributed by atoms with Crippen LogP contribution < -0.4 is 5.32 Å². The van der Waals surface area contributed by atoms with Gasteiger partial charge in [-0.2, -0.15) is 18.3 Å². The van der Waals surface area contributed by atoms with Crippen molar-refractivity contribution in [2.24, 2.45) is 5.92 Å². The maximum absolute atomic E-state index is 12.3. The molecule has 0 bridgehead atoms. The van der Waals surface area contributed by atoms with Gasteiger partial charge >= 0.3 is 6.18 Å². The van der Waals surface area contributed by atoms with Crippen molar-refractivity contribution in [3.63, 3.8) is 0 Å². The molecule has 0 saturated carbocycles. The van der Waals surface area contributed by atoms with Gasteiger partial charge in [0.05, 0.1) is 11.8 Å². The Bertz CT molecular complexity index is 714. The van der Waals surface area contributed by atoms with Crippen LogP contribution in [0.5, 0.6) is 0 Å². The monoisotopic (exact) mass is 386 g/mol. The van der Waals surface area contributed by atoms with Gasteiger partial charge in [0.2, 0.25) is 0 Å². The van der Waals surface area contributed by atoms with Crippen LogP contribution in [0.4, 0.5) is 13.2 Å². The molecule has 0 aliphatic carbocycles. The third-order valence-corrected chi connectivity index (χ3v) is 5.21. The molecule has 5 nitrogen and oxygen atoms in total. The molecule has 1 aliphatic rings. The number of hydrogen-bond donors (Lipinski definition) is 1. The second-order valence-electron chi connectivity index (χ2n) is 6.57. The van der Waals surface area contributed by atoms with Crippen molar-refractivity contribution >= 4 is 17.2 Å². The van der Waals surface area contributed by atoms with E-state index in [1.54, 1.807) is 11.3 Å². The second kappa shape index (κ2) is 8.22. The van der Waals surface area contributed by atoms with Gasteiger partial charge in [0.25, 0.3) is 5.91 Å². The number of carbonyl (C=O) groups excluding carboxylic acids is 1. The Morgan fingerprint density at radius 3 is 3.00 bits per heavy atom. The molecule has 142 valence electrons. The van der Waals surface area contributed by atoms with E-state index in [0.717, 1.165) is 43.4 Å². The lowest BCUT2D eigenvalue weighted by Gasteiger charge is -2.32. The summed E-state index contributed by atoms with van der Waals surface area (Å²) in [6.07, 6.45) is 0.0652. The third kappa shape index (κ3) is 5.57. The fourth-order valence-electron chi connectivity index (χ4n) is 3.17. The number of halogens is 3. The summed E-state index contributed by atoms with van der Waals surface area (Å²) in [7, 11) is 0. The summed E-state index contributed by atoms with van der Waals surface area (Å²) in [6, 6.07) is 4.16. The Hall–Kier alpha value is -1.87. The molecule has 2 aromatic heterocycles. The van der Waals surface area contributed by atoms with Gasteiger partial charge in [-0.15, -0.1) is 11.3 Å².